The zero-order valence-electron chi connectivity index (χ0n) is 14.9. The molecule has 1 saturated carbocycles. The highest BCUT2D eigenvalue weighted by Crippen LogP contribution is 2.63. The minimum Gasteiger partial charge on any atom is -0.458 e. The Balaban J connectivity index is 2.07. The van der Waals surface area contributed by atoms with E-state index < -0.39 is 34.8 Å². The number of ether oxygens (including phenoxy) is 1. The molecule has 0 radical (unpaired) electrons. The maximum Gasteiger partial charge on any atom is 0.336 e. The lowest BCUT2D eigenvalue weighted by molar-refractivity contribution is -0.151. The normalized spacial score (nSPS) is 42.1. The van der Waals surface area contributed by atoms with Gasteiger partial charge in [0, 0.05) is 28.9 Å². The van der Waals surface area contributed by atoms with Gasteiger partial charge in [-0.2, -0.15) is 0 Å². The Bertz CT molecular complexity index is 811. The Morgan fingerprint density at radius 1 is 1.24 bits per heavy atom. The Labute approximate surface area is 145 Å². The number of esters is 1. The number of carbonyl (C=O) groups is 1. The van der Waals surface area contributed by atoms with Crippen molar-refractivity contribution in [3.05, 3.63) is 33.4 Å². The predicted molar refractivity (Wildman–Crippen MR) is 88.1 cm³/mol. The number of carbonyl (C=O) groups excluding carboxylic acids is 1. The Morgan fingerprint density at radius 3 is 2.56 bits per heavy atom. The summed E-state index contributed by atoms with van der Waals surface area (Å²) < 4.78 is 11.0. The Hall–Kier alpha value is -1.66. The smallest absolute Gasteiger partial charge is 0.336 e. The van der Waals surface area contributed by atoms with Crippen molar-refractivity contribution in [3.8, 4) is 0 Å². The molecule has 0 amide bonds. The minimum absolute atomic E-state index is 0.123. The first-order valence-corrected chi connectivity index (χ1v) is 8.88. The van der Waals surface area contributed by atoms with Crippen LogP contribution >= 0.6 is 0 Å². The summed E-state index contributed by atoms with van der Waals surface area (Å²) in [6.45, 7) is 7.48. The van der Waals surface area contributed by atoms with E-state index in [4.69, 9.17) is 9.15 Å². The Morgan fingerprint density at radius 2 is 1.92 bits per heavy atom. The fourth-order valence-electron chi connectivity index (χ4n) is 5.48. The van der Waals surface area contributed by atoms with Crippen LogP contribution in [-0.4, -0.2) is 28.4 Å². The number of hydrogen-bond acceptors (Lipinski definition) is 6. The fraction of sp³-hybridized carbons (Fsp3) is 0.684. The SMILES string of the molecule is CC(C)c1oc(=O)cc2c1C(O)C1OC(=O)[C@@]3(C)CCC(O)[C@@]2(C)C13. The van der Waals surface area contributed by atoms with E-state index in [1.54, 1.807) is 0 Å². The molecule has 6 atom stereocenters. The summed E-state index contributed by atoms with van der Waals surface area (Å²) in [7, 11) is 0. The third-order valence-corrected chi connectivity index (χ3v) is 6.74. The maximum absolute atomic E-state index is 12.6. The molecule has 25 heavy (non-hydrogen) atoms. The summed E-state index contributed by atoms with van der Waals surface area (Å²) in [5, 5.41) is 21.9. The average molecular weight is 348 g/mol. The van der Waals surface area contributed by atoms with E-state index in [0.717, 1.165) is 0 Å². The van der Waals surface area contributed by atoms with Crippen LogP contribution < -0.4 is 5.63 Å². The van der Waals surface area contributed by atoms with E-state index >= 15 is 0 Å². The lowest BCUT2D eigenvalue weighted by Crippen LogP contribution is -2.60. The predicted octanol–water partition coefficient (Wildman–Crippen LogP) is 1.77. The number of aliphatic hydroxyl groups is 2. The van der Waals surface area contributed by atoms with E-state index in [9.17, 15) is 19.8 Å². The molecule has 2 fully saturated rings. The largest absolute Gasteiger partial charge is 0.458 e. The second kappa shape index (κ2) is 4.95. The van der Waals surface area contributed by atoms with E-state index in [-0.39, 0.29) is 17.8 Å². The quantitative estimate of drug-likeness (QED) is 0.751. The third-order valence-electron chi connectivity index (χ3n) is 6.74. The van der Waals surface area contributed by atoms with E-state index in [2.05, 4.69) is 0 Å². The molecule has 1 aromatic rings. The van der Waals surface area contributed by atoms with Gasteiger partial charge in [0.15, 0.2) is 0 Å². The van der Waals surface area contributed by atoms with Gasteiger partial charge < -0.3 is 19.4 Å². The molecule has 4 unspecified atom stereocenters. The Kier molecular flexibility index (Phi) is 3.32. The molecule has 3 aliphatic rings. The zero-order chi connectivity index (χ0) is 18.3. The van der Waals surface area contributed by atoms with Crippen LogP contribution in [0.5, 0.6) is 0 Å². The molecule has 0 spiro atoms. The lowest BCUT2D eigenvalue weighted by atomic mass is 9.48. The molecule has 1 aliphatic heterocycles. The molecule has 2 N–H and O–H groups in total. The molecule has 2 aliphatic carbocycles. The van der Waals surface area contributed by atoms with E-state index in [0.29, 0.717) is 29.7 Å². The van der Waals surface area contributed by atoms with Crippen molar-refractivity contribution in [3.63, 3.8) is 0 Å². The minimum atomic E-state index is -1.06. The van der Waals surface area contributed by atoms with Gasteiger partial charge >= 0.3 is 11.6 Å². The standard InChI is InChI=1S/C19H24O6/c1-8(2)14-12-9(7-11(21)24-14)19(4)10(20)5-6-18(3)16(19)15(13(12)22)25-17(18)23/h7-8,10,13,15-16,20,22H,5-6H2,1-4H3/t10?,13?,15?,16?,18-,19-/m0/s1. The van der Waals surface area contributed by atoms with E-state index in [1.807, 2.05) is 27.7 Å². The summed E-state index contributed by atoms with van der Waals surface area (Å²) in [5.41, 5.74) is -1.03. The van der Waals surface area contributed by atoms with Crippen LogP contribution in [0, 0.1) is 11.3 Å². The van der Waals surface area contributed by atoms with Crippen molar-refractivity contribution in [1.82, 2.24) is 0 Å². The molecule has 0 bridgehead atoms. The van der Waals surface area contributed by atoms with Gasteiger partial charge in [-0.1, -0.05) is 20.8 Å². The van der Waals surface area contributed by atoms with Crippen molar-refractivity contribution in [1.29, 1.82) is 0 Å². The van der Waals surface area contributed by atoms with Gasteiger partial charge in [0.05, 0.1) is 11.5 Å². The average Bonchev–Trinajstić information content (AvgIpc) is 2.82. The number of fused-ring (bicyclic) bond motifs is 2. The second-order valence-corrected chi connectivity index (χ2v) is 8.46. The summed E-state index contributed by atoms with van der Waals surface area (Å²) in [6.07, 6.45) is -1.58. The first kappa shape index (κ1) is 16.8. The van der Waals surface area contributed by atoms with Crippen molar-refractivity contribution in [2.75, 3.05) is 0 Å². The van der Waals surface area contributed by atoms with Gasteiger partial charge in [0.1, 0.15) is 18.0 Å². The van der Waals surface area contributed by atoms with Crippen LogP contribution in [0.25, 0.3) is 0 Å². The van der Waals surface area contributed by atoms with Crippen molar-refractivity contribution in [2.24, 2.45) is 11.3 Å². The highest BCUT2D eigenvalue weighted by atomic mass is 16.6. The topological polar surface area (TPSA) is 97.0 Å². The van der Waals surface area contributed by atoms with Gasteiger partial charge in [-0.3, -0.25) is 4.79 Å². The van der Waals surface area contributed by atoms with E-state index in [1.165, 1.54) is 6.07 Å². The number of hydrogen-bond donors (Lipinski definition) is 2. The summed E-state index contributed by atoms with van der Waals surface area (Å²) in [4.78, 5) is 24.8. The number of aliphatic hydroxyl groups excluding tert-OH is 2. The van der Waals surface area contributed by atoms with Crippen molar-refractivity contribution < 1.29 is 24.2 Å². The molecule has 0 aromatic carbocycles. The molecule has 6 heteroatoms. The molecule has 1 aromatic heterocycles. The summed E-state index contributed by atoms with van der Waals surface area (Å²) >= 11 is 0. The monoisotopic (exact) mass is 348 g/mol. The second-order valence-electron chi connectivity index (χ2n) is 8.46. The van der Waals surface area contributed by atoms with Gasteiger partial charge in [-0.25, -0.2) is 4.79 Å². The molecule has 2 heterocycles. The van der Waals surface area contributed by atoms with Crippen molar-refractivity contribution >= 4 is 5.97 Å². The van der Waals surface area contributed by atoms with Gasteiger partial charge in [-0.05, 0) is 25.3 Å². The van der Waals surface area contributed by atoms with Crippen LogP contribution in [0.2, 0.25) is 0 Å². The lowest BCUT2D eigenvalue weighted by Gasteiger charge is -2.54. The molecular weight excluding hydrogens is 324 g/mol. The highest BCUT2D eigenvalue weighted by Gasteiger charge is 2.69. The maximum atomic E-state index is 12.6. The van der Waals surface area contributed by atoms with Crippen LogP contribution in [0.3, 0.4) is 0 Å². The van der Waals surface area contributed by atoms with Crippen LogP contribution in [-0.2, 0) is 14.9 Å². The first-order valence-electron chi connectivity index (χ1n) is 8.88. The van der Waals surface area contributed by atoms with Crippen LogP contribution in [0.1, 0.15) is 69.4 Å². The van der Waals surface area contributed by atoms with Crippen molar-refractivity contribution in [2.45, 2.75) is 70.2 Å². The number of rotatable bonds is 1. The first-order chi connectivity index (χ1) is 11.6. The van der Waals surface area contributed by atoms with Crippen LogP contribution in [0.15, 0.2) is 15.3 Å². The highest BCUT2D eigenvalue weighted by molar-refractivity contribution is 5.81. The third kappa shape index (κ3) is 1.87. The summed E-state index contributed by atoms with van der Waals surface area (Å²) in [5.74, 6) is -0.447. The van der Waals surface area contributed by atoms with Gasteiger partial charge in [0.25, 0.3) is 0 Å². The fourth-order valence-corrected chi connectivity index (χ4v) is 5.48. The summed E-state index contributed by atoms with van der Waals surface area (Å²) in [6, 6.07) is 1.37. The molecule has 4 rings (SSSR count). The van der Waals surface area contributed by atoms with Gasteiger partial charge in [0.2, 0.25) is 0 Å². The molecule has 1 saturated heterocycles. The zero-order valence-corrected chi connectivity index (χ0v) is 14.9. The molecular formula is C19H24O6. The molecule has 6 nitrogen and oxygen atoms in total. The molecule has 136 valence electrons. The van der Waals surface area contributed by atoms with Gasteiger partial charge in [-0.15, -0.1) is 0 Å². The van der Waals surface area contributed by atoms with Crippen LogP contribution in [0.4, 0.5) is 0 Å².